The molecule has 1 N–H and O–H groups in total. The molecule has 2 atom stereocenters. The molecule has 10 nitrogen and oxygen atoms in total. The van der Waals surface area contributed by atoms with E-state index in [9.17, 15) is 9.18 Å². The molecular formula is C24H33ClFN7O3. The van der Waals surface area contributed by atoms with Crippen molar-refractivity contribution in [3.05, 3.63) is 17.2 Å². The molecule has 0 radical (unpaired) electrons. The van der Waals surface area contributed by atoms with Crippen LogP contribution in [0.5, 0.6) is 6.01 Å². The van der Waals surface area contributed by atoms with Gasteiger partial charge in [0.15, 0.2) is 11.0 Å². The maximum Gasteiger partial charge on any atom is 0.410 e. The van der Waals surface area contributed by atoms with Gasteiger partial charge in [-0.3, -0.25) is 9.80 Å². The maximum absolute atomic E-state index is 15.0. The average molecular weight is 522 g/mol. The van der Waals surface area contributed by atoms with Crippen LogP contribution >= 0.6 is 11.6 Å². The number of carbonyl (C=O) groups excluding carboxylic acids is 1. The second-order valence-corrected chi connectivity index (χ2v) is 10.9. The Balaban J connectivity index is 1.38. The van der Waals surface area contributed by atoms with E-state index in [4.69, 9.17) is 21.1 Å². The number of piperazine rings is 2. The van der Waals surface area contributed by atoms with E-state index >= 15 is 0 Å². The molecule has 1 amide bonds. The van der Waals surface area contributed by atoms with Crippen LogP contribution < -0.4 is 15.0 Å². The van der Waals surface area contributed by atoms with Gasteiger partial charge in [-0.05, 0) is 33.6 Å². The highest BCUT2D eigenvalue weighted by Crippen LogP contribution is 2.36. The van der Waals surface area contributed by atoms with E-state index in [1.165, 1.54) is 6.20 Å². The molecular weight excluding hydrogens is 489 g/mol. The van der Waals surface area contributed by atoms with E-state index in [1.807, 2.05) is 25.7 Å². The van der Waals surface area contributed by atoms with Gasteiger partial charge in [0.1, 0.15) is 23.5 Å². The number of hydrogen-bond donors (Lipinski definition) is 1. The van der Waals surface area contributed by atoms with Crippen molar-refractivity contribution in [3.8, 4) is 6.01 Å². The minimum Gasteiger partial charge on any atom is -0.462 e. The van der Waals surface area contributed by atoms with Gasteiger partial charge in [0.25, 0.3) is 0 Å². The third-order valence-electron chi connectivity index (χ3n) is 6.84. The molecule has 0 aliphatic carbocycles. The summed E-state index contributed by atoms with van der Waals surface area (Å²) in [5.41, 5.74) is -0.477. The van der Waals surface area contributed by atoms with E-state index in [2.05, 4.69) is 30.1 Å². The van der Waals surface area contributed by atoms with Crippen LogP contribution in [0.15, 0.2) is 6.20 Å². The van der Waals surface area contributed by atoms with Crippen LogP contribution in [0.4, 0.5) is 15.0 Å². The number of anilines is 1. The van der Waals surface area contributed by atoms with Gasteiger partial charge in [-0.25, -0.2) is 14.2 Å². The van der Waals surface area contributed by atoms with Crippen molar-refractivity contribution in [2.75, 3.05) is 57.3 Å². The topological polar surface area (TPSA) is 96.0 Å². The van der Waals surface area contributed by atoms with Crippen molar-refractivity contribution in [1.29, 1.82) is 0 Å². The Hall–Kier alpha value is -2.50. The highest BCUT2D eigenvalue weighted by molar-refractivity contribution is 6.30. The molecule has 2 bridgehead atoms. The lowest BCUT2D eigenvalue weighted by atomic mass is 10.1. The van der Waals surface area contributed by atoms with Gasteiger partial charge in [0, 0.05) is 52.0 Å². The summed E-state index contributed by atoms with van der Waals surface area (Å²) < 4.78 is 26.5. The third-order valence-corrected chi connectivity index (χ3v) is 7.10. The summed E-state index contributed by atoms with van der Waals surface area (Å²) in [6.07, 6.45) is 2.95. The number of rotatable bonds is 5. The molecule has 3 aliphatic rings. The SMILES string of the molecule is CC(C)(C)OC(=O)N1C2CCC1CN(c1nc(OCCN3CCNCC3)nc3c(F)c(Cl)ncc13)C2. The highest BCUT2D eigenvalue weighted by Gasteiger charge is 2.45. The Morgan fingerprint density at radius 3 is 2.56 bits per heavy atom. The number of nitrogens with zero attached hydrogens (tertiary/aromatic N) is 6. The molecule has 3 aliphatic heterocycles. The van der Waals surface area contributed by atoms with Crippen molar-refractivity contribution in [2.24, 2.45) is 0 Å². The van der Waals surface area contributed by atoms with E-state index in [1.54, 1.807) is 0 Å². The number of amides is 1. The van der Waals surface area contributed by atoms with Gasteiger partial charge in [0.05, 0.1) is 17.5 Å². The Morgan fingerprint density at radius 2 is 1.89 bits per heavy atom. The van der Waals surface area contributed by atoms with Crippen LogP contribution in [0.2, 0.25) is 5.15 Å². The standard InChI is InChI=1S/C24H33ClFN7O3/c1-24(2,3)36-23(34)33-15-4-5-16(33)14-32(13-15)21-17-12-28-20(25)18(26)19(17)29-22(30-21)35-11-10-31-8-6-27-7-9-31/h12,15-16,27H,4-11,13-14H2,1-3H3. The predicted molar refractivity (Wildman–Crippen MR) is 134 cm³/mol. The number of nitrogens with one attached hydrogen (secondary N) is 1. The first-order valence-corrected chi connectivity index (χ1v) is 12.9. The number of hydrogen-bond acceptors (Lipinski definition) is 9. The molecule has 5 heterocycles. The minimum atomic E-state index is -0.694. The fourth-order valence-corrected chi connectivity index (χ4v) is 5.33. The molecule has 12 heteroatoms. The van der Waals surface area contributed by atoms with Crippen LogP contribution in [0.25, 0.3) is 10.9 Å². The lowest BCUT2D eigenvalue weighted by molar-refractivity contribution is 0.0123. The third kappa shape index (κ3) is 5.28. The smallest absolute Gasteiger partial charge is 0.410 e. The van der Waals surface area contributed by atoms with Crippen LogP contribution in [0, 0.1) is 5.82 Å². The van der Waals surface area contributed by atoms with Gasteiger partial charge in [-0.2, -0.15) is 9.97 Å². The zero-order valence-electron chi connectivity index (χ0n) is 21.0. The highest BCUT2D eigenvalue weighted by atomic mass is 35.5. The maximum atomic E-state index is 15.0. The molecule has 2 aromatic heterocycles. The molecule has 0 spiro atoms. The van der Waals surface area contributed by atoms with E-state index in [0.29, 0.717) is 30.9 Å². The van der Waals surface area contributed by atoms with Gasteiger partial charge in [0.2, 0.25) is 0 Å². The first-order valence-electron chi connectivity index (χ1n) is 12.5. The Morgan fingerprint density at radius 1 is 1.19 bits per heavy atom. The molecule has 0 aromatic carbocycles. The Kier molecular flexibility index (Phi) is 7.06. The average Bonchev–Trinajstić information content (AvgIpc) is 3.11. The minimum absolute atomic E-state index is 0.0224. The number of halogens is 2. The normalized spacial score (nSPS) is 22.8. The number of fused-ring (bicyclic) bond motifs is 3. The van der Waals surface area contributed by atoms with Crippen molar-refractivity contribution in [3.63, 3.8) is 0 Å². The molecule has 36 heavy (non-hydrogen) atoms. The fourth-order valence-electron chi connectivity index (χ4n) is 5.19. The Bertz CT molecular complexity index is 1110. The largest absolute Gasteiger partial charge is 0.462 e. The number of carbonyl (C=O) groups is 1. The second-order valence-electron chi connectivity index (χ2n) is 10.6. The van der Waals surface area contributed by atoms with Crippen molar-refractivity contribution >= 4 is 34.4 Å². The van der Waals surface area contributed by atoms with Crippen LogP contribution in [0.1, 0.15) is 33.6 Å². The summed E-state index contributed by atoms with van der Waals surface area (Å²) in [6, 6.07) is 0.0623. The lowest BCUT2D eigenvalue weighted by Gasteiger charge is -2.42. The van der Waals surface area contributed by atoms with Crippen molar-refractivity contribution in [1.82, 2.24) is 30.1 Å². The molecule has 2 unspecified atom stereocenters. The summed E-state index contributed by atoms with van der Waals surface area (Å²) in [7, 11) is 0. The van der Waals surface area contributed by atoms with Crippen LogP contribution in [-0.4, -0.2) is 101 Å². The summed E-state index contributed by atoms with van der Waals surface area (Å²) >= 11 is 5.98. The van der Waals surface area contributed by atoms with Crippen LogP contribution in [0.3, 0.4) is 0 Å². The predicted octanol–water partition coefficient (Wildman–Crippen LogP) is 2.69. The quantitative estimate of drug-likeness (QED) is 0.596. The van der Waals surface area contributed by atoms with E-state index in [0.717, 1.165) is 45.6 Å². The summed E-state index contributed by atoms with van der Waals surface area (Å²) in [4.78, 5) is 32.1. The van der Waals surface area contributed by atoms with Crippen molar-refractivity contribution in [2.45, 2.75) is 51.3 Å². The molecule has 2 aromatic rings. The second kappa shape index (κ2) is 10.1. The lowest BCUT2D eigenvalue weighted by Crippen LogP contribution is -2.57. The number of pyridine rings is 1. The first-order chi connectivity index (χ1) is 17.2. The molecule has 3 saturated heterocycles. The molecule has 3 fully saturated rings. The number of ether oxygens (including phenoxy) is 2. The van der Waals surface area contributed by atoms with Gasteiger partial charge in [-0.1, -0.05) is 11.6 Å². The monoisotopic (exact) mass is 521 g/mol. The van der Waals surface area contributed by atoms with Gasteiger partial charge >= 0.3 is 12.1 Å². The Labute approximate surface area is 215 Å². The first kappa shape index (κ1) is 25.2. The van der Waals surface area contributed by atoms with Crippen molar-refractivity contribution < 1.29 is 18.7 Å². The van der Waals surface area contributed by atoms with E-state index < -0.39 is 11.4 Å². The molecule has 0 saturated carbocycles. The van der Waals surface area contributed by atoms with Gasteiger partial charge in [-0.15, -0.1) is 0 Å². The summed E-state index contributed by atoms with van der Waals surface area (Å²) in [5.74, 6) is -0.152. The zero-order valence-corrected chi connectivity index (χ0v) is 21.7. The summed E-state index contributed by atoms with van der Waals surface area (Å²) in [6.45, 7) is 11.6. The van der Waals surface area contributed by atoms with Gasteiger partial charge < -0.3 is 19.7 Å². The zero-order chi connectivity index (χ0) is 25.4. The molecule has 196 valence electrons. The molecule has 5 rings (SSSR count). The van der Waals surface area contributed by atoms with E-state index in [-0.39, 0.29) is 34.9 Å². The number of aromatic nitrogens is 3. The van der Waals surface area contributed by atoms with Crippen LogP contribution in [-0.2, 0) is 4.74 Å². The fraction of sp³-hybridized carbons (Fsp3) is 0.667. The summed E-state index contributed by atoms with van der Waals surface area (Å²) in [5, 5.41) is 3.55.